The first-order valence-corrected chi connectivity index (χ1v) is 6.62. The minimum absolute atomic E-state index is 0.0707. The molecule has 22 heavy (non-hydrogen) atoms. The highest BCUT2D eigenvalue weighted by atomic mass is 16.3. The summed E-state index contributed by atoms with van der Waals surface area (Å²) in [7, 11) is 0. The van der Waals surface area contributed by atoms with Crippen LogP contribution in [0.5, 0.6) is 11.5 Å². The summed E-state index contributed by atoms with van der Waals surface area (Å²) >= 11 is 0. The quantitative estimate of drug-likeness (QED) is 0.651. The van der Waals surface area contributed by atoms with Crippen molar-refractivity contribution in [2.24, 2.45) is 0 Å². The zero-order valence-corrected chi connectivity index (χ0v) is 12.0. The van der Waals surface area contributed by atoms with E-state index in [4.69, 9.17) is 0 Å². The third-order valence-corrected chi connectivity index (χ3v) is 2.89. The molecule has 0 heterocycles. The number of anilines is 2. The Kier molecular flexibility index (Phi) is 4.63. The molecule has 6 nitrogen and oxygen atoms in total. The predicted octanol–water partition coefficient (Wildman–Crippen LogP) is 2.24. The Morgan fingerprint density at radius 1 is 0.909 bits per heavy atom. The number of carbonyl (C=O) groups excluding carboxylic acids is 2. The van der Waals surface area contributed by atoms with Crippen LogP contribution in [0.1, 0.15) is 12.5 Å². The Hall–Kier alpha value is -3.02. The molecule has 0 bridgehead atoms. The van der Waals surface area contributed by atoms with Crippen molar-refractivity contribution in [1.82, 2.24) is 0 Å². The van der Waals surface area contributed by atoms with E-state index in [2.05, 4.69) is 10.6 Å². The van der Waals surface area contributed by atoms with Crippen molar-refractivity contribution in [3.05, 3.63) is 48.0 Å². The summed E-state index contributed by atoms with van der Waals surface area (Å²) in [5.74, 6) is -0.899. The van der Waals surface area contributed by atoms with Gasteiger partial charge in [0.1, 0.15) is 0 Å². The maximum Gasteiger partial charge on any atom is 0.228 e. The van der Waals surface area contributed by atoms with Crippen LogP contribution in [0.2, 0.25) is 0 Å². The summed E-state index contributed by atoms with van der Waals surface area (Å²) in [5, 5.41) is 24.0. The van der Waals surface area contributed by atoms with E-state index in [0.717, 1.165) is 0 Å². The lowest BCUT2D eigenvalue weighted by Gasteiger charge is -2.07. The molecule has 2 aromatic rings. The van der Waals surface area contributed by atoms with Crippen molar-refractivity contribution in [2.45, 2.75) is 13.3 Å². The number of rotatable bonds is 4. The fourth-order valence-corrected chi connectivity index (χ4v) is 1.91. The first-order valence-electron chi connectivity index (χ1n) is 6.62. The summed E-state index contributed by atoms with van der Waals surface area (Å²) in [6, 6.07) is 11.0. The molecule has 4 N–H and O–H groups in total. The van der Waals surface area contributed by atoms with Crippen LogP contribution in [0.25, 0.3) is 0 Å². The molecule has 0 fully saturated rings. The smallest absolute Gasteiger partial charge is 0.228 e. The topological polar surface area (TPSA) is 98.7 Å². The number of phenols is 2. The summed E-state index contributed by atoms with van der Waals surface area (Å²) < 4.78 is 0. The van der Waals surface area contributed by atoms with Gasteiger partial charge in [0.05, 0.1) is 6.42 Å². The van der Waals surface area contributed by atoms with E-state index in [-0.39, 0.29) is 29.7 Å². The third kappa shape index (κ3) is 4.24. The minimum atomic E-state index is -0.259. The largest absolute Gasteiger partial charge is 0.504 e. The van der Waals surface area contributed by atoms with Crippen molar-refractivity contribution in [2.75, 3.05) is 10.6 Å². The molecule has 0 aliphatic heterocycles. The lowest BCUT2D eigenvalue weighted by atomic mass is 10.1. The van der Waals surface area contributed by atoms with Crippen molar-refractivity contribution in [3.8, 4) is 11.5 Å². The van der Waals surface area contributed by atoms with Crippen LogP contribution in [0, 0.1) is 0 Å². The first-order chi connectivity index (χ1) is 10.4. The second-order valence-electron chi connectivity index (χ2n) is 4.81. The number of hydrogen-bond donors (Lipinski definition) is 4. The third-order valence-electron chi connectivity index (χ3n) is 2.89. The van der Waals surface area contributed by atoms with Gasteiger partial charge in [-0.1, -0.05) is 6.07 Å². The Morgan fingerprint density at radius 2 is 1.50 bits per heavy atom. The average molecular weight is 300 g/mol. The van der Waals surface area contributed by atoms with Gasteiger partial charge in [0.2, 0.25) is 11.8 Å². The van der Waals surface area contributed by atoms with Gasteiger partial charge in [-0.05, 0) is 42.0 Å². The SMILES string of the molecule is CC(=O)Nc1ccc(NC(=O)Cc2ccc(O)c(O)c2)cc1. The lowest BCUT2D eigenvalue weighted by molar-refractivity contribution is -0.116. The number of amides is 2. The van der Waals surface area contributed by atoms with Crippen molar-refractivity contribution < 1.29 is 19.8 Å². The van der Waals surface area contributed by atoms with Crippen molar-refractivity contribution in [3.63, 3.8) is 0 Å². The highest BCUT2D eigenvalue weighted by Gasteiger charge is 2.07. The predicted molar refractivity (Wildman–Crippen MR) is 82.9 cm³/mol. The number of hydrogen-bond acceptors (Lipinski definition) is 4. The number of benzene rings is 2. The van der Waals surface area contributed by atoms with Crippen LogP contribution >= 0.6 is 0 Å². The van der Waals surface area contributed by atoms with E-state index in [1.165, 1.54) is 19.1 Å². The monoisotopic (exact) mass is 300 g/mol. The van der Waals surface area contributed by atoms with E-state index in [1.807, 2.05) is 0 Å². The van der Waals surface area contributed by atoms with Gasteiger partial charge in [0, 0.05) is 18.3 Å². The van der Waals surface area contributed by atoms with E-state index in [1.54, 1.807) is 30.3 Å². The molecular weight excluding hydrogens is 284 g/mol. The van der Waals surface area contributed by atoms with Crippen LogP contribution in [0.3, 0.4) is 0 Å². The average Bonchev–Trinajstić information content (AvgIpc) is 2.44. The maximum atomic E-state index is 11.9. The van der Waals surface area contributed by atoms with Gasteiger partial charge in [-0.2, -0.15) is 0 Å². The number of phenolic OH excluding ortho intramolecular Hbond substituents is 2. The van der Waals surface area contributed by atoms with Gasteiger partial charge in [-0.25, -0.2) is 0 Å². The molecule has 0 radical (unpaired) electrons. The Labute approximate surface area is 127 Å². The Morgan fingerprint density at radius 3 is 2.05 bits per heavy atom. The lowest BCUT2D eigenvalue weighted by Crippen LogP contribution is -2.14. The molecule has 0 aliphatic carbocycles. The van der Waals surface area contributed by atoms with Gasteiger partial charge >= 0.3 is 0 Å². The molecule has 2 amide bonds. The van der Waals surface area contributed by atoms with E-state index in [9.17, 15) is 19.8 Å². The molecule has 6 heteroatoms. The molecule has 0 saturated carbocycles. The second kappa shape index (κ2) is 6.62. The van der Waals surface area contributed by atoms with Crippen LogP contribution < -0.4 is 10.6 Å². The summed E-state index contributed by atoms with van der Waals surface area (Å²) in [5.41, 5.74) is 1.83. The minimum Gasteiger partial charge on any atom is -0.504 e. The molecule has 0 spiro atoms. The molecule has 0 unspecified atom stereocenters. The second-order valence-corrected chi connectivity index (χ2v) is 4.81. The Balaban J connectivity index is 1.96. The molecule has 0 aliphatic rings. The van der Waals surface area contributed by atoms with E-state index in [0.29, 0.717) is 16.9 Å². The standard InChI is InChI=1S/C16H16N2O4/c1-10(19)17-12-3-5-13(6-4-12)18-16(22)9-11-2-7-14(20)15(21)8-11/h2-8,20-21H,9H2,1H3,(H,17,19)(H,18,22). The van der Waals surface area contributed by atoms with Gasteiger partial charge in [-0.15, -0.1) is 0 Å². The molecule has 114 valence electrons. The van der Waals surface area contributed by atoms with Gasteiger partial charge in [-0.3, -0.25) is 9.59 Å². The van der Waals surface area contributed by atoms with Gasteiger partial charge in [0.15, 0.2) is 11.5 Å². The molecule has 0 saturated heterocycles. The normalized spacial score (nSPS) is 10.0. The molecular formula is C16H16N2O4. The molecule has 0 atom stereocenters. The van der Waals surface area contributed by atoms with Crippen molar-refractivity contribution in [1.29, 1.82) is 0 Å². The van der Waals surface area contributed by atoms with E-state index < -0.39 is 0 Å². The van der Waals surface area contributed by atoms with Crippen molar-refractivity contribution >= 4 is 23.2 Å². The number of carbonyl (C=O) groups is 2. The zero-order chi connectivity index (χ0) is 16.1. The fourth-order valence-electron chi connectivity index (χ4n) is 1.91. The van der Waals surface area contributed by atoms with E-state index >= 15 is 0 Å². The summed E-state index contributed by atoms with van der Waals surface area (Å²) in [6.07, 6.45) is 0.0707. The molecule has 2 aromatic carbocycles. The number of nitrogens with one attached hydrogen (secondary N) is 2. The highest BCUT2D eigenvalue weighted by Crippen LogP contribution is 2.25. The van der Waals surface area contributed by atoms with Gasteiger partial charge < -0.3 is 20.8 Å². The Bertz CT molecular complexity index is 696. The summed E-state index contributed by atoms with van der Waals surface area (Å²) in [6.45, 7) is 1.42. The summed E-state index contributed by atoms with van der Waals surface area (Å²) in [4.78, 5) is 22.8. The van der Waals surface area contributed by atoms with Crippen LogP contribution in [0.4, 0.5) is 11.4 Å². The fraction of sp³-hybridized carbons (Fsp3) is 0.125. The maximum absolute atomic E-state index is 11.9. The van der Waals surface area contributed by atoms with Gasteiger partial charge in [0.25, 0.3) is 0 Å². The zero-order valence-electron chi connectivity index (χ0n) is 12.0. The first kappa shape index (κ1) is 15.4. The molecule has 0 aromatic heterocycles. The van der Waals surface area contributed by atoms with Crippen LogP contribution in [0.15, 0.2) is 42.5 Å². The van der Waals surface area contributed by atoms with Crippen LogP contribution in [-0.2, 0) is 16.0 Å². The molecule has 2 rings (SSSR count). The van der Waals surface area contributed by atoms with Crippen LogP contribution in [-0.4, -0.2) is 22.0 Å². The number of aromatic hydroxyl groups is 2. The highest BCUT2D eigenvalue weighted by molar-refractivity contribution is 5.93.